The molecule has 2 N–H and O–H groups in total. The van der Waals surface area contributed by atoms with Gasteiger partial charge in [-0.3, -0.25) is 0 Å². The van der Waals surface area contributed by atoms with E-state index < -0.39 is 0 Å². The third-order valence-electron chi connectivity index (χ3n) is 1.53. The van der Waals surface area contributed by atoms with Gasteiger partial charge in [-0.05, 0) is 11.6 Å². The summed E-state index contributed by atoms with van der Waals surface area (Å²) in [6, 6.07) is 0. The van der Waals surface area contributed by atoms with E-state index in [-0.39, 0.29) is 5.28 Å². The molecule has 0 aliphatic carbocycles. The summed E-state index contributed by atoms with van der Waals surface area (Å²) in [7, 11) is 0. The molecule has 0 aromatic carbocycles. The lowest BCUT2D eigenvalue weighted by molar-refractivity contribution is 0.843. The van der Waals surface area contributed by atoms with Crippen LogP contribution in [0, 0.1) is 0 Å². The molecule has 0 unspecified atom stereocenters. The Kier molecular flexibility index (Phi) is 2.26. The topological polar surface area (TPSA) is 69.6 Å². The molecule has 5 nitrogen and oxygen atoms in total. The fourth-order valence-electron chi connectivity index (χ4n) is 0.962. The van der Waals surface area contributed by atoms with Crippen LogP contribution in [-0.2, 0) is 0 Å². The van der Waals surface area contributed by atoms with E-state index >= 15 is 0 Å². The van der Waals surface area contributed by atoms with E-state index in [1.54, 1.807) is 6.20 Å². The maximum atomic E-state index is 5.70. The molecule has 2 rings (SSSR count). The Bertz CT molecular complexity index is 467. The summed E-state index contributed by atoms with van der Waals surface area (Å²) >= 11 is 11.3. The van der Waals surface area contributed by atoms with Crippen LogP contribution in [-0.4, -0.2) is 19.7 Å². The summed E-state index contributed by atoms with van der Waals surface area (Å²) in [6.45, 7) is 0. The first-order chi connectivity index (χ1) is 6.66. The van der Waals surface area contributed by atoms with Gasteiger partial charge in [-0.2, -0.15) is 10.1 Å². The zero-order valence-corrected chi connectivity index (χ0v) is 8.37. The minimum absolute atomic E-state index is 0.112. The molecule has 0 aliphatic rings. The highest BCUT2D eigenvalue weighted by atomic mass is 35.5. The smallest absolute Gasteiger partial charge is 0.224 e. The van der Waals surface area contributed by atoms with Gasteiger partial charge in [0.15, 0.2) is 5.82 Å². The second-order valence-electron chi connectivity index (χ2n) is 2.52. The first kappa shape index (κ1) is 9.23. The molecule has 0 saturated carbocycles. The quantitative estimate of drug-likeness (QED) is 0.754. The average molecular weight is 230 g/mol. The van der Waals surface area contributed by atoms with Crippen molar-refractivity contribution in [3.63, 3.8) is 0 Å². The van der Waals surface area contributed by atoms with Gasteiger partial charge in [-0.15, -0.1) is 0 Å². The SMILES string of the molecule is Nc1cnc(Cl)nc1-n1cc(Cl)cn1. The van der Waals surface area contributed by atoms with Crippen molar-refractivity contribution in [2.24, 2.45) is 0 Å². The number of halogens is 2. The van der Waals surface area contributed by atoms with Gasteiger partial charge in [0.2, 0.25) is 5.28 Å². The molecule has 0 amide bonds. The number of hydrogen-bond donors (Lipinski definition) is 1. The maximum Gasteiger partial charge on any atom is 0.224 e. The fraction of sp³-hybridized carbons (Fsp3) is 0. The van der Waals surface area contributed by atoms with Crippen LogP contribution in [0.4, 0.5) is 5.69 Å². The molecule has 0 atom stereocenters. The normalized spacial score (nSPS) is 10.4. The number of nitrogens with zero attached hydrogens (tertiary/aromatic N) is 4. The van der Waals surface area contributed by atoms with Crippen LogP contribution in [0.5, 0.6) is 0 Å². The number of nitrogen functional groups attached to an aromatic ring is 1. The van der Waals surface area contributed by atoms with Crippen LogP contribution in [0.15, 0.2) is 18.6 Å². The Morgan fingerprint density at radius 3 is 2.71 bits per heavy atom. The van der Waals surface area contributed by atoms with E-state index in [9.17, 15) is 0 Å². The first-order valence-electron chi connectivity index (χ1n) is 3.65. The largest absolute Gasteiger partial charge is 0.394 e. The zero-order valence-electron chi connectivity index (χ0n) is 6.85. The maximum absolute atomic E-state index is 5.70. The molecule has 2 heterocycles. The fourth-order valence-corrected chi connectivity index (χ4v) is 1.23. The number of aromatic nitrogens is 4. The second kappa shape index (κ2) is 3.43. The van der Waals surface area contributed by atoms with E-state index in [4.69, 9.17) is 28.9 Å². The average Bonchev–Trinajstić information content (AvgIpc) is 2.56. The lowest BCUT2D eigenvalue weighted by Crippen LogP contribution is -2.04. The van der Waals surface area contributed by atoms with Crippen molar-refractivity contribution in [3.05, 3.63) is 28.9 Å². The van der Waals surface area contributed by atoms with Crippen LogP contribution in [0.3, 0.4) is 0 Å². The van der Waals surface area contributed by atoms with Crippen molar-refractivity contribution in [2.45, 2.75) is 0 Å². The summed E-state index contributed by atoms with van der Waals surface area (Å²) in [6.07, 6.45) is 4.48. The third kappa shape index (κ3) is 1.64. The van der Waals surface area contributed by atoms with Gasteiger partial charge in [-0.25, -0.2) is 9.67 Å². The van der Waals surface area contributed by atoms with Crippen LogP contribution in [0.1, 0.15) is 0 Å². The highest BCUT2D eigenvalue weighted by Gasteiger charge is 2.06. The van der Waals surface area contributed by atoms with Crippen molar-refractivity contribution in [3.8, 4) is 5.82 Å². The second-order valence-corrected chi connectivity index (χ2v) is 3.30. The van der Waals surface area contributed by atoms with Gasteiger partial charge in [0.1, 0.15) is 0 Å². The van der Waals surface area contributed by atoms with Gasteiger partial charge in [0.05, 0.1) is 29.3 Å². The summed E-state index contributed by atoms with van der Waals surface area (Å²) in [5.74, 6) is 0.414. The molecule has 0 spiro atoms. The Morgan fingerprint density at radius 1 is 1.29 bits per heavy atom. The molecule has 0 fully saturated rings. The molecular formula is C7H5Cl2N5. The highest BCUT2D eigenvalue weighted by Crippen LogP contribution is 2.16. The first-order valence-corrected chi connectivity index (χ1v) is 4.41. The van der Waals surface area contributed by atoms with Crippen LogP contribution < -0.4 is 5.73 Å². The van der Waals surface area contributed by atoms with Crippen molar-refractivity contribution >= 4 is 28.9 Å². The molecule has 72 valence electrons. The van der Waals surface area contributed by atoms with E-state index in [2.05, 4.69) is 15.1 Å². The Balaban J connectivity index is 2.55. The van der Waals surface area contributed by atoms with Crippen LogP contribution >= 0.6 is 23.2 Å². The Hall–Kier alpha value is -1.33. The van der Waals surface area contributed by atoms with Gasteiger partial charge in [0.25, 0.3) is 0 Å². The van der Waals surface area contributed by atoms with E-state index in [0.717, 1.165) is 0 Å². The molecule has 0 bridgehead atoms. The van der Waals surface area contributed by atoms with Gasteiger partial charge in [-0.1, -0.05) is 11.6 Å². The predicted octanol–water partition coefficient (Wildman–Crippen LogP) is 1.55. The molecule has 0 saturated heterocycles. The lowest BCUT2D eigenvalue weighted by Gasteiger charge is -2.02. The summed E-state index contributed by atoms with van der Waals surface area (Å²) in [4.78, 5) is 7.65. The zero-order chi connectivity index (χ0) is 10.1. The monoisotopic (exact) mass is 229 g/mol. The van der Waals surface area contributed by atoms with Gasteiger partial charge < -0.3 is 5.73 Å². The predicted molar refractivity (Wildman–Crippen MR) is 53.6 cm³/mol. The van der Waals surface area contributed by atoms with E-state index in [1.807, 2.05) is 0 Å². The van der Waals surface area contributed by atoms with Crippen molar-refractivity contribution < 1.29 is 0 Å². The Morgan fingerprint density at radius 2 is 2.07 bits per heavy atom. The summed E-state index contributed by atoms with van der Waals surface area (Å²) in [5, 5.41) is 4.55. The minimum Gasteiger partial charge on any atom is -0.394 e. The van der Waals surface area contributed by atoms with Crippen molar-refractivity contribution in [1.29, 1.82) is 0 Å². The number of rotatable bonds is 1. The van der Waals surface area contributed by atoms with Gasteiger partial charge in [0, 0.05) is 0 Å². The summed E-state index contributed by atoms with van der Waals surface area (Å²) in [5.41, 5.74) is 6.03. The van der Waals surface area contributed by atoms with Crippen molar-refractivity contribution in [1.82, 2.24) is 19.7 Å². The molecule has 0 aliphatic heterocycles. The van der Waals surface area contributed by atoms with E-state index in [0.29, 0.717) is 16.5 Å². The Labute approximate surface area is 89.5 Å². The third-order valence-corrected chi connectivity index (χ3v) is 1.91. The van der Waals surface area contributed by atoms with Crippen LogP contribution in [0.25, 0.3) is 5.82 Å². The molecule has 0 radical (unpaired) electrons. The molecule has 2 aromatic heterocycles. The van der Waals surface area contributed by atoms with Crippen LogP contribution in [0.2, 0.25) is 10.3 Å². The number of nitrogens with two attached hydrogens (primary N) is 1. The van der Waals surface area contributed by atoms with Gasteiger partial charge >= 0.3 is 0 Å². The van der Waals surface area contributed by atoms with E-state index in [1.165, 1.54) is 17.1 Å². The molecule has 14 heavy (non-hydrogen) atoms. The number of anilines is 1. The minimum atomic E-state index is 0.112. The van der Waals surface area contributed by atoms with Crippen molar-refractivity contribution in [2.75, 3.05) is 5.73 Å². The molecule has 7 heteroatoms. The molecule has 2 aromatic rings. The lowest BCUT2D eigenvalue weighted by atomic mass is 10.5. The number of hydrogen-bond acceptors (Lipinski definition) is 4. The molecular weight excluding hydrogens is 225 g/mol. The summed E-state index contributed by atoms with van der Waals surface area (Å²) < 4.78 is 1.44. The standard InChI is InChI=1S/C7H5Cl2N5/c8-4-1-12-14(3-4)6-5(10)2-11-7(9)13-6/h1-3H,10H2. The highest BCUT2D eigenvalue weighted by molar-refractivity contribution is 6.30.